The average Bonchev–Trinajstić information content (AvgIpc) is 1.56. The van der Waals surface area contributed by atoms with Crippen LogP contribution >= 0.6 is 0 Å². The molecule has 64 valence electrons. The second-order valence-electron chi connectivity index (χ2n) is 0.972. The molecule has 0 heterocycles. The van der Waals surface area contributed by atoms with E-state index in [1.807, 2.05) is 0 Å². The van der Waals surface area contributed by atoms with Crippen molar-refractivity contribution in [3.8, 4) is 0 Å². The fourth-order valence-electron chi connectivity index (χ4n) is 0.0747. The Morgan fingerprint density at radius 1 is 1.00 bits per heavy atom. The molecule has 0 aliphatic carbocycles. The Bertz CT molecular complexity index is 147. The van der Waals surface area contributed by atoms with Crippen LogP contribution in [0.25, 0.3) is 0 Å². The number of nitrogens with two attached hydrogens (primary N) is 1. The lowest BCUT2D eigenvalue weighted by Gasteiger charge is -1.84. The van der Waals surface area contributed by atoms with Crippen LogP contribution in [-0.4, -0.2) is 33.7 Å². The van der Waals surface area contributed by atoms with Crippen LogP contribution in [-0.2, 0) is 4.74 Å². The van der Waals surface area contributed by atoms with Crippen molar-refractivity contribution in [1.29, 1.82) is 0 Å². The zero-order valence-electron chi connectivity index (χ0n) is 5.05. The monoisotopic (exact) mass is 167 g/mol. The van der Waals surface area contributed by atoms with Crippen LogP contribution in [0.4, 0.5) is 14.4 Å². The van der Waals surface area contributed by atoms with E-state index in [2.05, 4.69) is 10.5 Å². The Kier molecular flexibility index (Phi) is 6.56. The van der Waals surface area contributed by atoms with E-state index >= 15 is 0 Å². The topological polar surface area (TPSA) is 147 Å². The Morgan fingerprint density at radius 2 is 1.18 bits per heavy atom. The summed E-state index contributed by atoms with van der Waals surface area (Å²) in [7, 11) is 0. The number of rotatable bonds is 0. The second kappa shape index (κ2) is 6.13. The standard InChI is InChI=1S/C2H2O5.CH3NO2/c3-1(4)7-2(5)6;2-1(3)4/h(H,3,4)(H,5,6);2H2,(H,3,4). The number of ether oxygens (including phenoxy) is 1. The largest absolute Gasteiger partial charge is 0.516 e. The predicted molar refractivity (Wildman–Crippen MR) is 29.3 cm³/mol. The molecule has 0 bridgehead atoms. The van der Waals surface area contributed by atoms with Gasteiger partial charge in [0, 0.05) is 0 Å². The first-order valence-electron chi connectivity index (χ1n) is 1.98. The van der Waals surface area contributed by atoms with Crippen molar-refractivity contribution in [3.63, 3.8) is 0 Å². The molecule has 0 aliphatic heterocycles. The molecule has 0 unspecified atom stereocenters. The zero-order chi connectivity index (χ0) is 9.44. The van der Waals surface area contributed by atoms with Gasteiger partial charge in [-0.3, -0.25) is 0 Å². The molecular formula is C3H5NO7. The molecule has 5 N–H and O–H groups in total. The number of hydrogen-bond donors (Lipinski definition) is 4. The van der Waals surface area contributed by atoms with E-state index in [4.69, 9.17) is 20.1 Å². The molecule has 0 aliphatic rings. The van der Waals surface area contributed by atoms with Crippen molar-refractivity contribution >= 4 is 18.4 Å². The first-order valence-corrected chi connectivity index (χ1v) is 1.98. The lowest BCUT2D eigenvalue weighted by atomic mass is 11.3. The highest BCUT2D eigenvalue weighted by Gasteiger charge is 2.01. The van der Waals surface area contributed by atoms with Gasteiger partial charge in [0.15, 0.2) is 0 Å². The van der Waals surface area contributed by atoms with E-state index in [1.54, 1.807) is 0 Å². The molecule has 1 amide bonds. The van der Waals surface area contributed by atoms with Crippen LogP contribution in [0.5, 0.6) is 0 Å². The summed E-state index contributed by atoms with van der Waals surface area (Å²) in [5.41, 5.74) is 4.03. The Labute approximate surface area is 59.8 Å². The normalized spacial score (nSPS) is 6.91. The third kappa shape index (κ3) is 71.6. The summed E-state index contributed by atoms with van der Waals surface area (Å²) in [6.07, 6.45) is -4.96. The fourth-order valence-corrected chi connectivity index (χ4v) is 0.0747. The van der Waals surface area contributed by atoms with Crippen molar-refractivity contribution in [1.82, 2.24) is 0 Å². The third-order valence-electron chi connectivity index (χ3n) is 0.175. The average molecular weight is 167 g/mol. The molecule has 0 aromatic heterocycles. The molecule has 8 heteroatoms. The molecule has 0 aromatic carbocycles. The number of carbonyl (C=O) groups is 3. The third-order valence-corrected chi connectivity index (χ3v) is 0.175. The highest BCUT2D eigenvalue weighted by Crippen LogP contribution is 1.73. The lowest BCUT2D eigenvalue weighted by Crippen LogP contribution is -2.05. The first kappa shape index (κ1) is 11.8. The van der Waals surface area contributed by atoms with Crippen molar-refractivity contribution < 1.29 is 34.4 Å². The highest BCUT2D eigenvalue weighted by atomic mass is 16.7. The molecule has 0 saturated heterocycles. The van der Waals surface area contributed by atoms with E-state index in [0.29, 0.717) is 0 Å². The van der Waals surface area contributed by atoms with Gasteiger partial charge in [0.2, 0.25) is 0 Å². The van der Waals surface area contributed by atoms with E-state index in [-0.39, 0.29) is 0 Å². The van der Waals surface area contributed by atoms with Gasteiger partial charge in [0.1, 0.15) is 0 Å². The van der Waals surface area contributed by atoms with Crippen LogP contribution in [0, 0.1) is 0 Å². The summed E-state index contributed by atoms with van der Waals surface area (Å²) in [5.74, 6) is 0. The first-order chi connectivity index (χ1) is 4.86. The molecule has 11 heavy (non-hydrogen) atoms. The molecule has 0 aromatic rings. The van der Waals surface area contributed by atoms with Gasteiger partial charge in [0.05, 0.1) is 0 Å². The van der Waals surface area contributed by atoms with Gasteiger partial charge in [-0.1, -0.05) is 0 Å². The minimum absolute atomic E-state index is 1.33. The van der Waals surface area contributed by atoms with E-state index in [1.165, 1.54) is 0 Å². The van der Waals surface area contributed by atoms with Crippen molar-refractivity contribution in [2.24, 2.45) is 5.73 Å². The molecule has 0 radical (unpaired) electrons. The summed E-state index contributed by atoms with van der Waals surface area (Å²) < 4.78 is 3.08. The van der Waals surface area contributed by atoms with Crippen LogP contribution in [0.2, 0.25) is 0 Å². The molecule has 0 atom stereocenters. The van der Waals surface area contributed by atoms with Crippen LogP contribution < -0.4 is 5.73 Å². The summed E-state index contributed by atoms with van der Waals surface area (Å²) in [6, 6.07) is 0. The highest BCUT2D eigenvalue weighted by molar-refractivity contribution is 5.74. The summed E-state index contributed by atoms with van der Waals surface area (Å²) in [4.78, 5) is 27.2. The van der Waals surface area contributed by atoms with Crippen LogP contribution in [0.15, 0.2) is 0 Å². The molecule has 0 fully saturated rings. The maximum atomic E-state index is 9.21. The summed E-state index contributed by atoms with van der Waals surface area (Å²) in [5, 5.41) is 22.2. The fraction of sp³-hybridized carbons (Fsp3) is 0. The minimum Gasteiger partial charge on any atom is -0.465 e. The van der Waals surface area contributed by atoms with Gasteiger partial charge in [-0.15, -0.1) is 0 Å². The lowest BCUT2D eigenvalue weighted by molar-refractivity contribution is 0.0801. The quantitative estimate of drug-likeness (QED) is 0.292. The maximum absolute atomic E-state index is 9.21. The molecular weight excluding hydrogens is 162 g/mol. The second-order valence-corrected chi connectivity index (χ2v) is 0.972. The van der Waals surface area contributed by atoms with Gasteiger partial charge in [0.25, 0.3) is 0 Å². The predicted octanol–water partition coefficient (Wildman–Crippen LogP) is -0.0179. The van der Waals surface area contributed by atoms with E-state index < -0.39 is 18.4 Å². The van der Waals surface area contributed by atoms with Crippen molar-refractivity contribution in [2.75, 3.05) is 0 Å². The van der Waals surface area contributed by atoms with Crippen LogP contribution in [0.1, 0.15) is 0 Å². The summed E-state index contributed by atoms with van der Waals surface area (Å²) in [6.45, 7) is 0. The van der Waals surface area contributed by atoms with E-state index in [0.717, 1.165) is 0 Å². The van der Waals surface area contributed by atoms with Crippen molar-refractivity contribution in [2.45, 2.75) is 0 Å². The Hall–Kier alpha value is -1.99. The maximum Gasteiger partial charge on any atom is 0.516 e. The van der Waals surface area contributed by atoms with Gasteiger partial charge in [-0.25, -0.2) is 14.4 Å². The van der Waals surface area contributed by atoms with Gasteiger partial charge in [-0.05, 0) is 0 Å². The number of amides is 1. The minimum atomic E-state index is -1.81. The van der Waals surface area contributed by atoms with Gasteiger partial charge < -0.3 is 25.8 Å². The smallest absolute Gasteiger partial charge is 0.465 e. The van der Waals surface area contributed by atoms with E-state index in [9.17, 15) is 9.59 Å². The zero-order valence-corrected chi connectivity index (χ0v) is 5.05. The molecule has 0 saturated carbocycles. The van der Waals surface area contributed by atoms with Gasteiger partial charge in [-0.2, -0.15) is 0 Å². The number of primary amides is 1. The van der Waals surface area contributed by atoms with Gasteiger partial charge >= 0.3 is 18.4 Å². The SMILES string of the molecule is NC(=O)O.O=C(O)OC(=O)O. The molecule has 0 rings (SSSR count). The van der Waals surface area contributed by atoms with Crippen LogP contribution in [0.3, 0.4) is 0 Å². The Morgan fingerprint density at radius 3 is 1.18 bits per heavy atom. The summed E-state index contributed by atoms with van der Waals surface area (Å²) >= 11 is 0. The molecule has 0 spiro atoms. The number of hydrogen-bond acceptors (Lipinski definition) is 4. The number of carboxylic acid groups (broad SMARTS) is 3. The van der Waals surface area contributed by atoms with Crippen molar-refractivity contribution in [3.05, 3.63) is 0 Å². The molecule has 8 nitrogen and oxygen atoms in total. The Balaban J connectivity index is 0.